The molecular formula is C18H24F2N4O. The van der Waals surface area contributed by atoms with E-state index in [0.29, 0.717) is 37.4 Å². The van der Waals surface area contributed by atoms with Gasteiger partial charge in [0.2, 0.25) is 5.91 Å². The number of amides is 1. The van der Waals surface area contributed by atoms with E-state index in [1.54, 1.807) is 23.4 Å². The molecule has 7 heteroatoms. The Balaban J connectivity index is 2.12. The van der Waals surface area contributed by atoms with Gasteiger partial charge in [0, 0.05) is 38.4 Å². The molecule has 0 fully saturated rings. The van der Waals surface area contributed by atoms with Crippen LogP contribution in [0.15, 0.2) is 30.6 Å². The van der Waals surface area contributed by atoms with Gasteiger partial charge in [0.25, 0.3) is 0 Å². The van der Waals surface area contributed by atoms with E-state index in [1.165, 1.54) is 6.07 Å². The summed E-state index contributed by atoms with van der Waals surface area (Å²) >= 11 is 0. The van der Waals surface area contributed by atoms with E-state index in [4.69, 9.17) is 0 Å². The molecule has 0 atom stereocenters. The predicted octanol–water partition coefficient (Wildman–Crippen LogP) is 2.51. The van der Waals surface area contributed by atoms with Gasteiger partial charge in [-0.15, -0.1) is 0 Å². The second kappa shape index (κ2) is 8.71. The van der Waals surface area contributed by atoms with Crippen LogP contribution in [0.2, 0.25) is 0 Å². The smallest absolute Gasteiger partial charge is 0.222 e. The van der Waals surface area contributed by atoms with E-state index in [1.807, 2.05) is 30.5 Å². The van der Waals surface area contributed by atoms with Crippen molar-refractivity contribution in [2.45, 2.75) is 26.4 Å². The number of hydrogen-bond donors (Lipinski definition) is 0. The predicted molar refractivity (Wildman–Crippen MR) is 91.9 cm³/mol. The number of benzene rings is 1. The molecule has 25 heavy (non-hydrogen) atoms. The summed E-state index contributed by atoms with van der Waals surface area (Å²) in [5.41, 5.74) is 0.639. The quantitative estimate of drug-likeness (QED) is 0.735. The summed E-state index contributed by atoms with van der Waals surface area (Å²) in [7, 11) is 3.91. The van der Waals surface area contributed by atoms with Crippen LogP contribution in [-0.4, -0.2) is 52.4 Å². The lowest BCUT2D eigenvalue weighted by atomic mass is 10.2. The molecule has 2 rings (SSSR count). The lowest BCUT2D eigenvalue weighted by molar-refractivity contribution is -0.131. The van der Waals surface area contributed by atoms with Gasteiger partial charge in [-0.05, 0) is 31.8 Å². The lowest BCUT2D eigenvalue weighted by Crippen LogP contribution is -2.36. The van der Waals surface area contributed by atoms with Gasteiger partial charge in [0.1, 0.15) is 5.82 Å². The first-order chi connectivity index (χ1) is 11.9. The van der Waals surface area contributed by atoms with Crippen LogP contribution >= 0.6 is 0 Å². The third kappa shape index (κ3) is 5.35. The van der Waals surface area contributed by atoms with Gasteiger partial charge in [-0.1, -0.05) is 13.0 Å². The van der Waals surface area contributed by atoms with Crippen molar-refractivity contribution in [3.63, 3.8) is 0 Å². The van der Waals surface area contributed by atoms with Crippen LogP contribution < -0.4 is 0 Å². The average molecular weight is 350 g/mol. The summed E-state index contributed by atoms with van der Waals surface area (Å²) in [6.07, 6.45) is 3.85. The number of likely N-dealkylation sites (N-methyl/N-ethyl adjacent to an activating group) is 1. The number of hydrogen-bond acceptors (Lipinski definition) is 3. The molecule has 1 aromatic heterocycles. The van der Waals surface area contributed by atoms with Crippen LogP contribution in [-0.2, 0) is 17.9 Å². The van der Waals surface area contributed by atoms with Crippen molar-refractivity contribution in [2.24, 2.45) is 0 Å². The number of carbonyl (C=O) groups excluding carboxylic acids is 1. The van der Waals surface area contributed by atoms with Crippen molar-refractivity contribution in [2.75, 3.05) is 27.2 Å². The first kappa shape index (κ1) is 19.1. The van der Waals surface area contributed by atoms with Crippen LogP contribution in [0.25, 0.3) is 0 Å². The summed E-state index contributed by atoms with van der Waals surface area (Å²) < 4.78 is 28.3. The minimum atomic E-state index is -0.868. The van der Waals surface area contributed by atoms with Gasteiger partial charge in [0.15, 0.2) is 11.6 Å². The Morgan fingerprint density at radius 3 is 2.60 bits per heavy atom. The number of halogens is 2. The molecule has 1 aromatic carbocycles. The standard InChI is InChI=1S/C18H24F2N4O/c1-4-18(25)24(10-9-22(2)3)13-17-21-7-8-23(17)12-14-5-6-15(19)16(20)11-14/h5-8,11H,4,9-10,12-13H2,1-3H3. The minimum absolute atomic E-state index is 0.0595. The van der Waals surface area contributed by atoms with E-state index < -0.39 is 11.6 Å². The molecule has 0 unspecified atom stereocenters. The molecule has 1 heterocycles. The highest BCUT2D eigenvalue weighted by Gasteiger charge is 2.15. The maximum absolute atomic E-state index is 13.4. The van der Waals surface area contributed by atoms with Crippen LogP contribution in [0, 0.1) is 11.6 Å². The van der Waals surface area contributed by atoms with Gasteiger partial charge in [0.05, 0.1) is 6.54 Å². The van der Waals surface area contributed by atoms with Gasteiger partial charge >= 0.3 is 0 Å². The second-order valence-electron chi connectivity index (χ2n) is 6.19. The number of nitrogens with zero attached hydrogens (tertiary/aromatic N) is 4. The van der Waals surface area contributed by atoms with Gasteiger partial charge in [-0.25, -0.2) is 13.8 Å². The summed E-state index contributed by atoms with van der Waals surface area (Å²) in [6.45, 7) is 3.96. The number of aromatic nitrogens is 2. The Hall–Kier alpha value is -2.28. The Bertz CT molecular complexity index is 715. The number of imidazole rings is 1. The van der Waals surface area contributed by atoms with Crippen molar-refractivity contribution in [1.29, 1.82) is 0 Å². The van der Waals surface area contributed by atoms with E-state index in [9.17, 15) is 13.6 Å². The van der Waals surface area contributed by atoms with E-state index in [2.05, 4.69) is 4.98 Å². The zero-order valence-electron chi connectivity index (χ0n) is 14.9. The molecule has 0 aliphatic heterocycles. The fourth-order valence-electron chi connectivity index (χ4n) is 2.48. The molecule has 0 saturated carbocycles. The summed E-state index contributed by atoms with van der Waals surface area (Å²) in [5, 5.41) is 0. The van der Waals surface area contributed by atoms with Crippen molar-refractivity contribution >= 4 is 5.91 Å². The first-order valence-corrected chi connectivity index (χ1v) is 8.27. The summed E-state index contributed by atoms with van der Waals surface area (Å²) in [4.78, 5) is 20.3. The second-order valence-corrected chi connectivity index (χ2v) is 6.19. The number of rotatable bonds is 8. The molecule has 0 bridgehead atoms. The molecule has 0 radical (unpaired) electrons. The lowest BCUT2D eigenvalue weighted by Gasteiger charge is -2.24. The minimum Gasteiger partial charge on any atom is -0.334 e. The van der Waals surface area contributed by atoms with Crippen molar-refractivity contribution < 1.29 is 13.6 Å². The Morgan fingerprint density at radius 1 is 1.20 bits per heavy atom. The van der Waals surface area contributed by atoms with Crippen LogP contribution in [0.5, 0.6) is 0 Å². The third-order valence-electron chi connectivity index (χ3n) is 3.94. The zero-order valence-corrected chi connectivity index (χ0v) is 14.9. The zero-order chi connectivity index (χ0) is 18.4. The van der Waals surface area contributed by atoms with Crippen molar-refractivity contribution in [3.05, 3.63) is 53.6 Å². The molecule has 0 spiro atoms. The van der Waals surface area contributed by atoms with Crippen molar-refractivity contribution in [3.8, 4) is 0 Å². The van der Waals surface area contributed by atoms with Crippen LogP contribution in [0.4, 0.5) is 8.78 Å². The van der Waals surface area contributed by atoms with Crippen molar-refractivity contribution in [1.82, 2.24) is 19.4 Å². The first-order valence-electron chi connectivity index (χ1n) is 8.27. The molecule has 0 N–H and O–H groups in total. The Kier molecular flexibility index (Phi) is 6.64. The fourth-order valence-corrected chi connectivity index (χ4v) is 2.48. The van der Waals surface area contributed by atoms with E-state index in [-0.39, 0.29) is 5.91 Å². The van der Waals surface area contributed by atoms with Crippen LogP contribution in [0.1, 0.15) is 24.7 Å². The largest absolute Gasteiger partial charge is 0.334 e. The van der Waals surface area contributed by atoms with E-state index >= 15 is 0 Å². The van der Waals surface area contributed by atoms with Gasteiger partial charge in [-0.3, -0.25) is 4.79 Å². The molecule has 0 aliphatic carbocycles. The summed E-state index contributed by atoms with van der Waals surface area (Å²) in [6, 6.07) is 3.84. The maximum atomic E-state index is 13.4. The molecular weight excluding hydrogens is 326 g/mol. The maximum Gasteiger partial charge on any atom is 0.222 e. The molecule has 1 amide bonds. The highest BCUT2D eigenvalue weighted by atomic mass is 19.2. The Labute approximate surface area is 146 Å². The normalized spacial score (nSPS) is 11.1. The van der Waals surface area contributed by atoms with Gasteiger partial charge < -0.3 is 14.4 Å². The number of carbonyl (C=O) groups is 1. The SMILES string of the molecule is CCC(=O)N(CCN(C)C)Cc1nccn1Cc1ccc(F)c(F)c1. The monoisotopic (exact) mass is 350 g/mol. The molecule has 0 aliphatic rings. The highest BCUT2D eigenvalue weighted by Crippen LogP contribution is 2.12. The average Bonchev–Trinajstić information content (AvgIpc) is 3.00. The fraction of sp³-hybridized carbons (Fsp3) is 0.444. The molecule has 2 aromatic rings. The van der Waals surface area contributed by atoms with E-state index in [0.717, 1.165) is 12.6 Å². The molecule has 0 saturated heterocycles. The van der Waals surface area contributed by atoms with Gasteiger partial charge in [-0.2, -0.15) is 0 Å². The Morgan fingerprint density at radius 2 is 1.96 bits per heavy atom. The summed E-state index contributed by atoms with van der Waals surface area (Å²) in [5.74, 6) is -0.958. The molecule has 5 nitrogen and oxygen atoms in total. The highest BCUT2D eigenvalue weighted by molar-refractivity contribution is 5.75. The third-order valence-corrected chi connectivity index (χ3v) is 3.94. The molecule has 136 valence electrons. The van der Waals surface area contributed by atoms with Crippen LogP contribution in [0.3, 0.4) is 0 Å². The topological polar surface area (TPSA) is 41.4 Å².